The lowest BCUT2D eigenvalue weighted by atomic mass is 9.86. The molecule has 0 aliphatic heterocycles. The molecule has 0 saturated heterocycles. The van der Waals surface area contributed by atoms with Crippen molar-refractivity contribution in [1.82, 2.24) is 0 Å². The second-order valence-electron chi connectivity index (χ2n) is 7.78. The van der Waals surface area contributed by atoms with Crippen LogP contribution >= 0.6 is 0 Å². The zero-order valence-electron chi connectivity index (χ0n) is 15.8. The van der Waals surface area contributed by atoms with E-state index in [2.05, 4.69) is 37.4 Å². The van der Waals surface area contributed by atoms with Crippen molar-refractivity contribution in [3.63, 3.8) is 0 Å². The first-order chi connectivity index (χ1) is 13.0. The molecule has 3 aromatic carbocycles. The van der Waals surface area contributed by atoms with Crippen molar-refractivity contribution in [1.29, 1.82) is 0 Å². The molecule has 0 aromatic heterocycles. The van der Waals surface area contributed by atoms with Crippen molar-refractivity contribution in [3.8, 4) is 11.5 Å². The first-order valence-corrected chi connectivity index (χ1v) is 9.40. The van der Waals surface area contributed by atoms with Gasteiger partial charge in [-0.1, -0.05) is 44.2 Å². The summed E-state index contributed by atoms with van der Waals surface area (Å²) >= 11 is 0. The minimum absolute atomic E-state index is 0.277. The average Bonchev–Trinajstić information content (AvgIpc) is 2.95. The third kappa shape index (κ3) is 3.82. The maximum Gasteiger partial charge on any atom is 0.132 e. The maximum atomic E-state index is 13.4. The van der Waals surface area contributed by atoms with Gasteiger partial charge in [-0.25, -0.2) is 4.39 Å². The normalized spacial score (nSPS) is 14.6. The number of anilines is 1. The van der Waals surface area contributed by atoms with E-state index in [4.69, 9.17) is 4.74 Å². The molecule has 0 heterocycles. The third-order valence-corrected chi connectivity index (χ3v) is 5.33. The van der Waals surface area contributed by atoms with Gasteiger partial charge in [0.1, 0.15) is 17.3 Å². The second-order valence-corrected chi connectivity index (χ2v) is 7.78. The van der Waals surface area contributed by atoms with Crippen LogP contribution in [0.4, 0.5) is 10.1 Å². The van der Waals surface area contributed by atoms with Crippen LogP contribution in [-0.4, -0.2) is 0 Å². The summed E-state index contributed by atoms with van der Waals surface area (Å²) < 4.78 is 19.3. The first kappa shape index (κ1) is 17.6. The van der Waals surface area contributed by atoms with Crippen LogP contribution in [0.1, 0.15) is 37.0 Å². The van der Waals surface area contributed by atoms with E-state index in [1.165, 1.54) is 29.7 Å². The molecule has 1 aliphatic carbocycles. The highest BCUT2D eigenvalue weighted by Gasteiger charge is 2.29. The second kappa shape index (κ2) is 7.07. The minimum Gasteiger partial charge on any atom is -0.457 e. The van der Waals surface area contributed by atoms with Gasteiger partial charge in [-0.05, 0) is 59.7 Å². The van der Waals surface area contributed by atoms with Gasteiger partial charge in [0.05, 0.1) is 0 Å². The monoisotopic (exact) mass is 361 g/mol. The van der Waals surface area contributed by atoms with E-state index in [1.807, 2.05) is 24.3 Å². The number of rotatable bonds is 5. The highest BCUT2D eigenvalue weighted by molar-refractivity contribution is 5.53. The number of fused-ring (bicyclic) bond motifs is 1. The van der Waals surface area contributed by atoms with Crippen LogP contribution < -0.4 is 10.1 Å². The van der Waals surface area contributed by atoms with E-state index in [-0.39, 0.29) is 11.2 Å². The molecular formula is C24H24FNO. The van der Waals surface area contributed by atoms with Gasteiger partial charge in [-0.2, -0.15) is 0 Å². The van der Waals surface area contributed by atoms with Gasteiger partial charge in [0.25, 0.3) is 0 Å². The van der Waals surface area contributed by atoms with Crippen LogP contribution in [0.15, 0.2) is 66.7 Å². The van der Waals surface area contributed by atoms with Crippen LogP contribution in [-0.2, 0) is 18.4 Å². The Hall–Kier alpha value is -2.81. The Labute approximate surface area is 160 Å². The lowest BCUT2D eigenvalue weighted by molar-refractivity contribution is 0.471. The zero-order valence-corrected chi connectivity index (χ0v) is 15.8. The van der Waals surface area contributed by atoms with Crippen molar-refractivity contribution < 1.29 is 9.13 Å². The average molecular weight is 361 g/mol. The number of halogens is 1. The summed E-state index contributed by atoms with van der Waals surface area (Å²) in [6.07, 6.45) is 2.34. The molecule has 2 nitrogen and oxygen atoms in total. The van der Waals surface area contributed by atoms with Gasteiger partial charge in [0.15, 0.2) is 0 Å². The van der Waals surface area contributed by atoms with Crippen LogP contribution in [0.3, 0.4) is 0 Å². The van der Waals surface area contributed by atoms with Gasteiger partial charge in [-0.15, -0.1) is 0 Å². The largest absolute Gasteiger partial charge is 0.457 e. The number of nitrogens with one attached hydrogen (secondary N) is 1. The predicted octanol–water partition coefficient (Wildman–Crippen LogP) is 6.45. The Morgan fingerprint density at radius 1 is 1.00 bits per heavy atom. The van der Waals surface area contributed by atoms with Gasteiger partial charge in [0.2, 0.25) is 0 Å². The number of aryl methyl sites for hydroxylation is 1. The van der Waals surface area contributed by atoms with Crippen molar-refractivity contribution in [2.75, 3.05) is 5.32 Å². The fourth-order valence-electron chi connectivity index (χ4n) is 3.76. The number of ether oxygens (including phenoxy) is 1. The molecule has 3 aromatic rings. The molecular weight excluding hydrogens is 337 g/mol. The fourth-order valence-corrected chi connectivity index (χ4v) is 3.76. The van der Waals surface area contributed by atoms with Gasteiger partial charge >= 0.3 is 0 Å². The van der Waals surface area contributed by atoms with E-state index in [1.54, 1.807) is 12.1 Å². The molecule has 1 aliphatic rings. The van der Waals surface area contributed by atoms with Crippen molar-refractivity contribution in [2.24, 2.45) is 0 Å². The maximum absolute atomic E-state index is 13.4. The van der Waals surface area contributed by atoms with Crippen molar-refractivity contribution in [2.45, 2.75) is 38.6 Å². The van der Waals surface area contributed by atoms with E-state index >= 15 is 0 Å². The molecule has 0 radical (unpaired) electrons. The molecule has 27 heavy (non-hydrogen) atoms. The highest BCUT2D eigenvalue weighted by atomic mass is 19.1. The topological polar surface area (TPSA) is 21.3 Å². The van der Waals surface area contributed by atoms with E-state index < -0.39 is 0 Å². The molecule has 0 fully saturated rings. The summed E-state index contributed by atoms with van der Waals surface area (Å²) in [5.41, 5.74) is 5.32. The van der Waals surface area contributed by atoms with Crippen LogP contribution in [0.25, 0.3) is 0 Å². The Kier molecular flexibility index (Phi) is 4.61. The number of hydrogen-bond donors (Lipinski definition) is 1. The summed E-state index contributed by atoms with van der Waals surface area (Å²) in [4.78, 5) is 0. The Morgan fingerprint density at radius 2 is 1.85 bits per heavy atom. The fraction of sp³-hybridized carbons (Fsp3) is 0.250. The van der Waals surface area contributed by atoms with Gasteiger partial charge in [-0.3, -0.25) is 0 Å². The molecule has 0 amide bonds. The van der Waals surface area contributed by atoms with Gasteiger partial charge in [0, 0.05) is 23.9 Å². The summed E-state index contributed by atoms with van der Waals surface area (Å²) in [5, 5.41) is 3.50. The molecule has 3 heteroatoms. The summed E-state index contributed by atoms with van der Waals surface area (Å²) in [6.45, 7) is 5.27. The minimum atomic E-state index is -0.302. The quantitative estimate of drug-likeness (QED) is 0.563. The zero-order chi connectivity index (χ0) is 18.9. The lowest BCUT2D eigenvalue weighted by Gasteiger charge is -2.19. The SMILES string of the molecule is CC1(C)CCc2cc(NCc3ccccc3Oc3cccc(F)c3)ccc21. The number of benzene rings is 3. The van der Waals surface area contributed by atoms with Crippen LogP contribution in [0.2, 0.25) is 0 Å². The molecule has 138 valence electrons. The smallest absolute Gasteiger partial charge is 0.132 e. The van der Waals surface area contributed by atoms with Crippen molar-refractivity contribution in [3.05, 3.63) is 89.2 Å². The molecule has 1 N–H and O–H groups in total. The van der Waals surface area contributed by atoms with E-state index in [9.17, 15) is 4.39 Å². The molecule has 0 unspecified atom stereocenters. The molecule has 0 atom stereocenters. The van der Waals surface area contributed by atoms with Crippen LogP contribution in [0, 0.1) is 5.82 Å². The standard InChI is InChI=1S/C24H24FNO/c1-24(2)13-12-17-14-20(10-11-22(17)24)26-16-18-6-3-4-9-23(18)27-21-8-5-7-19(25)15-21/h3-11,14-15,26H,12-13,16H2,1-2H3. The number of para-hydroxylation sites is 1. The highest BCUT2D eigenvalue weighted by Crippen LogP contribution is 2.39. The summed E-state index contributed by atoms with van der Waals surface area (Å²) in [7, 11) is 0. The molecule has 4 rings (SSSR count). The van der Waals surface area contributed by atoms with E-state index in [0.29, 0.717) is 12.3 Å². The molecule has 0 spiro atoms. The summed E-state index contributed by atoms with van der Waals surface area (Å²) in [5.74, 6) is 0.935. The lowest BCUT2D eigenvalue weighted by Crippen LogP contribution is -2.11. The number of hydrogen-bond acceptors (Lipinski definition) is 2. The third-order valence-electron chi connectivity index (χ3n) is 5.33. The van der Waals surface area contributed by atoms with Crippen LogP contribution in [0.5, 0.6) is 11.5 Å². The predicted molar refractivity (Wildman–Crippen MR) is 108 cm³/mol. The molecule has 0 saturated carbocycles. The molecule has 0 bridgehead atoms. The Balaban J connectivity index is 1.49. The Morgan fingerprint density at radius 3 is 2.70 bits per heavy atom. The van der Waals surface area contributed by atoms with E-state index in [0.717, 1.165) is 23.4 Å². The first-order valence-electron chi connectivity index (χ1n) is 9.40. The van der Waals surface area contributed by atoms with Crippen molar-refractivity contribution >= 4 is 5.69 Å². The summed E-state index contributed by atoms with van der Waals surface area (Å²) in [6, 6.07) is 20.7. The Bertz CT molecular complexity index is 964. The van der Waals surface area contributed by atoms with Gasteiger partial charge < -0.3 is 10.1 Å².